The van der Waals surface area contributed by atoms with Gasteiger partial charge >= 0.3 is 0 Å². The number of hydrogen-bond donors (Lipinski definition) is 2. The minimum atomic E-state index is -0.412. The van der Waals surface area contributed by atoms with Gasteiger partial charge in [-0.3, -0.25) is 9.59 Å². The maximum absolute atomic E-state index is 12.9. The normalized spacial score (nSPS) is 10.3. The summed E-state index contributed by atoms with van der Waals surface area (Å²) in [5.74, 6) is -1.14. The first kappa shape index (κ1) is 18.3. The Morgan fingerprint density at radius 1 is 0.926 bits per heavy atom. The molecule has 5 nitrogen and oxygen atoms in total. The number of carbonyl (C=O) groups excluding carboxylic acids is 2. The molecule has 27 heavy (non-hydrogen) atoms. The predicted molar refractivity (Wildman–Crippen MR) is 101 cm³/mol. The zero-order valence-corrected chi connectivity index (χ0v) is 14.7. The molecule has 2 amide bonds. The van der Waals surface area contributed by atoms with Crippen molar-refractivity contribution in [2.75, 3.05) is 5.32 Å². The van der Waals surface area contributed by atoms with Gasteiger partial charge in [-0.15, -0.1) is 0 Å². The van der Waals surface area contributed by atoms with Crippen LogP contribution in [0.3, 0.4) is 0 Å². The number of hydrogen-bond acceptors (Lipinski definition) is 3. The van der Waals surface area contributed by atoms with Gasteiger partial charge in [-0.1, -0.05) is 30.3 Å². The first-order valence-electron chi connectivity index (χ1n) is 8.39. The summed E-state index contributed by atoms with van der Waals surface area (Å²) < 4.78 is 12.9. The molecule has 2 N–H and O–H groups in total. The van der Waals surface area contributed by atoms with Crippen LogP contribution in [-0.2, 0) is 6.54 Å². The standard InChI is InChI=1S/C21H18FN3O2/c1-14-4-2-5-17(12-14)24-21(27)19-7-3-6-18(25-19)20(26)23-13-15-8-10-16(22)11-9-15/h2-12H,13H2,1H3,(H,23,26)(H,24,27). The van der Waals surface area contributed by atoms with Gasteiger partial charge in [-0.2, -0.15) is 0 Å². The van der Waals surface area contributed by atoms with Crippen molar-refractivity contribution in [1.82, 2.24) is 10.3 Å². The Bertz CT molecular complexity index is 971. The van der Waals surface area contributed by atoms with Crippen LogP contribution >= 0.6 is 0 Å². The third-order valence-corrected chi connectivity index (χ3v) is 3.86. The number of rotatable bonds is 5. The fourth-order valence-electron chi connectivity index (χ4n) is 2.48. The molecule has 0 radical (unpaired) electrons. The first-order chi connectivity index (χ1) is 13.0. The van der Waals surface area contributed by atoms with Crippen LogP contribution in [0.5, 0.6) is 0 Å². The molecular weight excluding hydrogens is 345 g/mol. The second-order valence-corrected chi connectivity index (χ2v) is 6.04. The van der Waals surface area contributed by atoms with Crippen LogP contribution < -0.4 is 10.6 Å². The van der Waals surface area contributed by atoms with Gasteiger partial charge in [-0.25, -0.2) is 9.37 Å². The molecule has 0 aliphatic carbocycles. The van der Waals surface area contributed by atoms with Crippen molar-refractivity contribution in [3.8, 4) is 0 Å². The third-order valence-electron chi connectivity index (χ3n) is 3.86. The lowest BCUT2D eigenvalue weighted by Crippen LogP contribution is -2.25. The van der Waals surface area contributed by atoms with E-state index in [1.165, 1.54) is 18.2 Å². The highest BCUT2D eigenvalue weighted by Crippen LogP contribution is 2.11. The monoisotopic (exact) mass is 363 g/mol. The molecule has 136 valence electrons. The van der Waals surface area contributed by atoms with Gasteiger partial charge in [0.15, 0.2) is 0 Å². The number of pyridine rings is 1. The summed E-state index contributed by atoms with van der Waals surface area (Å²) in [6.07, 6.45) is 0. The summed E-state index contributed by atoms with van der Waals surface area (Å²) in [7, 11) is 0. The maximum Gasteiger partial charge on any atom is 0.274 e. The maximum atomic E-state index is 12.9. The SMILES string of the molecule is Cc1cccc(NC(=O)c2cccc(C(=O)NCc3ccc(F)cc3)n2)c1. The average molecular weight is 363 g/mol. The average Bonchev–Trinajstić information content (AvgIpc) is 2.67. The van der Waals surface area contributed by atoms with Crippen molar-refractivity contribution in [3.63, 3.8) is 0 Å². The fourth-order valence-corrected chi connectivity index (χ4v) is 2.48. The van der Waals surface area contributed by atoms with E-state index in [2.05, 4.69) is 15.6 Å². The summed E-state index contributed by atoms with van der Waals surface area (Å²) >= 11 is 0. The molecule has 1 heterocycles. The number of carbonyl (C=O) groups is 2. The molecular formula is C21H18FN3O2. The number of nitrogens with one attached hydrogen (secondary N) is 2. The Kier molecular flexibility index (Phi) is 5.56. The van der Waals surface area contributed by atoms with Crippen molar-refractivity contribution in [2.45, 2.75) is 13.5 Å². The highest BCUT2D eigenvalue weighted by molar-refractivity contribution is 6.03. The van der Waals surface area contributed by atoms with Gasteiger partial charge in [0.2, 0.25) is 0 Å². The molecule has 0 bridgehead atoms. The molecule has 0 spiro atoms. The zero-order chi connectivity index (χ0) is 19.2. The summed E-state index contributed by atoms with van der Waals surface area (Å²) in [6.45, 7) is 2.17. The van der Waals surface area contributed by atoms with E-state index in [9.17, 15) is 14.0 Å². The van der Waals surface area contributed by atoms with E-state index in [-0.39, 0.29) is 23.7 Å². The molecule has 2 aromatic carbocycles. The molecule has 0 saturated carbocycles. The second-order valence-electron chi connectivity index (χ2n) is 6.04. The van der Waals surface area contributed by atoms with Crippen LogP contribution in [0.2, 0.25) is 0 Å². The van der Waals surface area contributed by atoms with Gasteiger partial charge in [0.25, 0.3) is 11.8 Å². The smallest absolute Gasteiger partial charge is 0.274 e. The number of aryl methyl sites for hydroxylation is 1. The lowest BCUT2D eigenvalue weighted by molar-refractivity contribution is 0.0945. The van der Waals surface area contributed by atoms with E-state index in [4.69, 9.17) is 0 Å². The molecule has 0 fully saturated rings. The molecule has 3 aromatic rings. The van der Waals surface area contributed by atoms with E-state index < -0.39 is 11.8 Å². The number of benzene rings is 2. The summed E-state index contributed by atoms with van der Waals surface area (Å²) in [4.78, 5) is 28.8. The fraction of sp³-hybridized carbons (Fsp3) is 0.0952. The van der Waals surface area contributed by atoms with E-state index in [0.29, 0.717) is 5.69 Å². The van der Waals surface area contributed by atoms with E-state index >= 15 is 0 Å². The first-order valence-corrected chi connectivity index (χ1v) is 8.39. The Hall–Kier alpha value is -3.54. The molecule has 0 aliphatic rings. The van der Waals surface area contributed by atoms with E-state index in [1.807, 2.05) is 25.1 Å². The third kappa shape index (κ3) is 4.98. The van der Waals surface area contributed by atoms with Crippen molar-refractivity contribution in [1.29, 1.82) is 0 Å². The second kappa shape index (κ2) is 8.23. The number of amides is 2. The van der Waals surface area contributed by atoms with Crippen LogP contribution in [0.1, 0.15) is 32.1 Å². The van der Waals surface area contributed by atoms with Crippen LogP contribution in [0, 0.1) is 12.7 Å². The lowest BCUT2D eigenvalue weighted by Gasteiger charge is -2.08. The molecule has 0 saturated heterocycles. The highest BCUT2D eigenvalue weighted by atomic mass is 19.1. The van der Waals surface area contributed by atoms with Crippen molar-refractivity contribution >= 4 is 17.5 Å². The van der Waals surface area contributed by atoms with Crippen LogP contribution in [0.4, 0.5) is 10.1 Å². The Labute approximate surface area is 156 Å². The molecule has 0 aliphatic heterocycles. The van der Waals surface area contributed by atoms with Crippen molar-refractivity contribution < 1.29 is 14.0 Å². The van der Waals surface area contributed by atoms with Crippen LogP contribution in [-0.4, -0.2) is 16.8 Å². The number of halogens is 1. The zero-order valence-electron chi connectivity index (χ0n) is 14.7. The molecule has 0 unspecified atom stereocenters. The van der Waals surface area contributed by atoms with E-state index in [1.54, 1.807) is 30.3 Å². The lowest BCUT2D eigenvalue weighted by atomic mass is 10.2. The van der Waals surface area contributed by atoms with Gasteiger partial charge in [-0.05, 0) is 54.4 Å². The Morgan fingerprint density at radius 2 is 1.59 bits per heavy atom. The minimum absolute atomic E-state index is 0.133. The molecule has 1 aromatic heterocycles. The van der Waals surface area contributed by atoms with Gasteiger partial charge < -0.3 is 10.6 Å². The predicted octanol–water partition coefficient (Wildman–Crippen LogP) is 3.71. The summed E-state index contributed by atoms with van der Waals surface area (Å²) in [5, 5.41) is 5.46. The van der Waals surface area contributed by atoms with Gasteiger partial charge in [0, 0.05) is 12.2 Å². The van der Waals surface area contributed by atoms with Gasteiger partial charge in [0.1, 0.15) is 17.2 Å². The number of aromatic nitrogens is 1. The quantitative estimate of drug-likeness (QED) is 0.726. The van der Waals surface area contributed by atoms with E-state index in [0.717, 1.165) is 11.1 Å². The largest absolute Gasteiger partial charge is 0.347 e. The van der Waals surface area contributed by atoms with Gasteiger partial charge in [0.05, 0.1) is 0 Å². The topological polar surface area (TPSA) is 71.1 Å². The number of nitrogens with zero attached hydrogens (tertiary/aromatic N) is 1. The summed E-state index contributed by atoms with van der Waals surface area (Å²) in [6, 6.07) is 17.9. The highest BCUT2D eigenvalue weighted by Gasteiger charge is 2.12. The number of anilines is 1. The molecule has 6 heteroatoms. The summed E-state index contributed by atoms with van der Waals surface area (Å²) in [5.41, 5.74) is 2.72. The minimum Gasteiger partial charge on any atom is -0.347 e. The van der Waals surface area contributed by atoms with Crippen molar-refractivity contribution in [2.24, 2.45) is 0 Å². The Morgan fingerprint density at radius 3 is 2.30 bits per heavy atom. The van der Waals surface area contributed by atoms with Crippen molar-refractivity contribution in [3.05, 3.63) is 95.1 Å². The van der Waals surface area contributed by atoms with Crippen LogP contribution in [0.15, 0.2) is 66.7 Å². The Balaban J connectivity index is 1.66. The molecule has 3 rings (SSSR count). The molecule has 0 atom stereocenters. The van der Waals surface area contributed by atoms with Crippen LogP contribution in [0.25, 0.3) is 0 Å².